The summed E-state index contributed by atoms with van der Waals surface area (Å²) in [7, 11) is 1.56. The van der Waals surface area contributed by atoms with Crippen molar-refractivity contribution in [3.63, 3.8) is 0 Å². The largest absolute Gasteiger partial charge is 0.496 e. The third-order valence-electron chi connectivity index (χ3n) is 3.20. The predicted molar refractivity (Wildman–Crippen MR) is 94.1 cm³/mol. The van der Waals surface area contributed by atoms with E-state index >= 15 is 0 Å². The van der Waals surface area contributed by atoms with E-state index in [9.17, 15) is 9.59 Å². The first-order chi connectivity index (χ1) is 12.1. The van der Waals surface area contributed by atoms with E-state index in [2.05, 4.69) is 15.8 Å². The summed E-state index contributed by atoms with van der Waals surface area (Å²) in [6.07, 6.45) is 4.47. The van der Waals surface area contributed by atoms with Crippen molar-refractivity contribution in [2.24, 2.45) is 5.10 Å². The molecule has 0 saturated carbocycles. The van der Waals surface area contributed by atoms with Gasteiger partial charge in [-0.2, -0.15) is 5.10 Å². The highest BCUT2D eigenvalue weighted by Gasteiger charge is 2.05. The van der Waals surface area contributed by atoms with Crippen molar-refractivity contribution >= 4 is 23.6 Å². The molecule has 0 spiro atoms. The van der Waals surface area contributed by atoms with Crippen LogP contribution in [0, 0.1) is 0 Å². The molecular formula is C18H19N3O4. The summed E-state index contributed by atoms with van der Waals surface area (Å²) in [5, 5.41) is 6.38. The van der Waals surface area contributed by atoms with Gasteiger partial charge in [0.15, 0.2) is 0 Å². The van der Waals surface area contributed by atoms with Crippen LogP contribution < -0.4 is 15.5 Å². The van der Waals surface area contributed by atoms with Gasteiger partial charge in [-0.3, -0.25) is 9.59 Å². The average Bonchev–Trinajstić information content (AvgIpc) is 3.17. The fourth-order valence-electron chi connectivity index (χ4n) is 1.92. The van der Waals surface area contributed by atoms with E-state index in [1.54, 1.807) is 38.3 Å². The molecule has 7 nitrogen and oxygen atoms in total. The van der Waals surface area contributed by atoms with Gasteiger partial charge in [0, 0.05) is 11.6 Å². The molecule has 1 aromatic carbocycles. The molecule has 0 aliphatic carbocycles. The lowest BCUT2D eigenvalue weighted by Gasteiger charge is -2.04. The van der Waals surface area contributed by atoms with Gasteiger partial charge in [-0.05, 0) is 31.2 Å². The fourth-order valence-corrected chi connectivity index (χ4v) is 1.92. The van der Waals surface area contributed by atoms with Crippen molar-refractivity contribution in [2.75, 3.05) is 13.7 Å². The molecule has 0 bridgehead atoms. The number of benzene rings is 1. The van der Waals surface area contributed by atoms with Crippen LogP contribution in [0.2, 0.25) is 0 Å². The second-order valence-electron chi connectivity index (χ2n) is 5.00. The maximum absolute atomic E-state index is 11.8. The Kier molecular flexibility index (Phi) is 6.53. The Hall–Kier alpha value is -3.35. The first-order valence-corrected chi connectivity index (χ1v) is 7.56. The van der Waals surface area contributed by atoms with Gasteiger partial charge in [0.05, 0.1) is 19.9 Å². The number of hydrogen-bond acceptors (Lipinski definition) is 5. The third-order valence-corrected chi connectivity index (χ3v) is 3.20. The molecule has 0 atom stereocenters. The first kappa shape index (κ1) is 18.0. The Morgan fingerprint density at radius 2 is 2.04 bits per heavy atom. The first-order valence-electron chi connectivity index (χ1n) is 7.56. The number of rotatable bonds is 7. The summed E-state index contributed by atoms with van der Waals surface area (Å²) in [6, 6.07) is 10.8. The van der Waals surface area contributed by atoms with Gasteiger partial charge >= 0.3 is 0 Å². The molecule has 0 saturated heterocycles. The lowest BCUT2D eigenvalue weighted by atomic mass is 10.2. The number of methoxy groups -OCH3 is 1. The van der Waals surface area contributed by atoms with Crippen molar-refractivity contribution in [1.29, 1.82) is 0 Å². The van der Waals surface area contributed by atoms with Crippen LogP contribution >= 0.6 is 0 Å². The molecule has 0 aliphatic heterocycles. The normalized spacial score (nSPS) is 11.4. The number of carbonyl (C=O) groups is 2. The summed E-state index contributed by atoms with van der Waals surface area (Å²) < 4.78 is 10.3. The number of ether oxygens (including phenoxy) is 1. The number of nitrogens with one attached hydrogen (secondary N) is 2. The zero-order chi connectivity index (χ0) is 18.1. The number of amides is 2. The molecule has 25 heavy (non-hydrogen) atoms. The number of para-hydroxylation sites is 1. The maximum atomic E-state index is 11.8. The zero-order valence-corrected chi connectivity index (χ0v) is 14.0. The summed E-state index contributed by atoms with van der Waals surface area (Å²) in [5.74, 6) is 0.383. The summed E-state index contributed by atoms with van der Waals surface area (Å²) in [6.45, 7) is 1.51. The Morgan fingerprint density at radius 3 is 2.76 bits per heavy atom. The van der Waals surface area contributed by atoms with Crippen LogP contribution in [0.25, 0.3) is 6.08 Å². The van der Waals surface area contributed by atoms with E-state index in [-0.39, 0.29) is 6.54 Å². The molecule has 2 amide bonds. The van der Waals surface area contributed by atoms with Crippen LogP contribution in [0.5, 0.6) is 5.75 Å². The SMILES string of the molecule is COc1ccccc1/C=C/C(=O)NCC(=O)N/N=C(\C)c1ccco1. The fraction of sp³-hybridized carbons (Fsp3) is 0.167. The minimum atomic E-state index is -0.440. The van der Waals surface area contributed by atoms with Gasteiger partial charge in [-0.25, -0.2) is 5.43 Å². The molecule has 0 fully saturated rings. The summed E-state index contributed by atoms with van der Waals surface area (Å²) in [4.78, 5) is 23.5. The van der Waals surface area contributed by atoms with Gasteiger partial charge in [0.25, 0.3) is 5.91 Å². The summed E-state index contributed by atoms with van der Waals surface area (Å²) >= 11 is 0. The molecule has 0 unspecified atom stereocenters. The molecule has 0 aliphatic rings. The molecular weight excluding hydrogens is 322 g/mol. The molecule has 2 aromatic rings. The lowest BCUT2D eigenvalue weighted by Crippen LogP contribution is -2.34. The quantitative estimate of drug-likeness (QED) is 0.457. The average molecular weight is 341 g/mol. The van der Waals surface area contributed by atoms with Gasteiger partial charge in [-0.1, -0.05) is 18.2 Å². The van der Waals surface area contributed by atoms with Crippen LogP contribution in [-0.2, 0) is 9.59 Å². The van der Waals surface area contributed by atoms with Gasteiger partial charge in [-0.15, -0.1) is 0 Å². The maximum Gasteiger partial charge on any atom is 0.259 e. The van der Waals surface area contributed by atoms with Gasteiger partial charge < -0.3 is 14.5 Å². The number of carbonyl (C=O) groups excluding carboxylic acids is 2. The smallest absolute Gasteiger partial charge is 0.259 e. The van der Waals surface area contributed by atoms with Crippen LogP contribution in [-0.4, -0.2) is 31.2 Å². The second kappa shape index (κ2) is 9.07. The minimum Gasteiger partial charge on any atom is -0.496 e. The van der Waals surface area contributed by atoms with Gasteiger partial charge in [0.2, 0.25) is 5.91 Å². The highest BCUT2D eigenvalue weighted by atomic mass is 16.5. The highest BCUT2D eigenvalue weighted by Crippen LogP contribution is 2.18. The standard InChI is InChI=1S/C18H19N3O4/c1-13(15-8-5-11-25-15)20-21-18(23)12-19-17(22)10-9-14-6-3-4-7-16(14)24-2/h3-11H,12H2,1-2H3,(H,19,22)(H,21,23)/b10-9+,20-13+. The molecule has 2 N–H and O–H groups in total. The van der Waals surface area contributed by atoms with Crippen molar-refractivity contribution in [1.82, 2.24) is 10.7 Å². The van der Waals surface area contributed by atoms with E-state index in [1.807, 2.05) is 18.2 Å². The van der Waals surface area contributed by atoms with Crippen molar-refractivity contribution < 1.29 is 18.7 Å². The van der Waals surface area contributed by atoms with Crippen molar-refractivity contribution in [2.45, 2.75) is 6.92 Å². The minimum absolute atomic E-state index is 0.190. The van der Waals surface area contributed by atoms with Crippen LogP contribution in [0.4, 0.5) is 0 Å². The van der Waals surface area contributed by atoms with Crippen molar-refractivity contribution in [3.8, 4) is 5.75 Å². The van der Waals surface area contributed by atoms with E-state index < -0.39 is 11.8 Å². The molecule has 1 aromatic heterocycles. The van der Waals surface area contributed by atoms with E-state index in [0.717, 1.165) is 5.56 Å². The molecule has 130 valence electrons. The number of nitrogens with zero attached hydrogens (tertiary/aromatic N) is 1. The Bertz CT molecular complexity index is 779. The highest BCUT2D eigenvalue weighted by molar-refractivity contribution is 5.97. The molecule has 0 radical (unpaired) electrons. The zero-order valence-electron chi connectivity index (χ0n) is 14.0. The lowest BCUT2D eigenvalue weighted by molar-refractivity contribution is -0.123. The van der Waals surface area contributed by atoms with Crippen LogP contribution in [0.15, 0.2) is 58.3 Å². The Labute approximate surface area is 145 Å². The Balaban J connectivity index is 1.80. The van der Waals surface area contributed by atoms with E-state index in [1.165, 1.54) is 12.3 Å². The molecule has 1 heterocycles. The predicted octanol–water partition coefficient (Wildman–Crippen LogP) is 1.96. The van der Waals surface area contributed by atoms with Gasteiger partial charge in [0.1, 0.15) is 17.2 Å². The topological polar surface area (TPSA) is 92.9 Å². The number of hydrogen-bond donors (Lipinski definition) is 2. The van der Waals surface area contributed by atoms with E-state index in [4.69, 9.17) is 9.15 Å². The van der Waals surface area contributed by atoms with Crippen LogP contribution in [0.1, 0.15) is 18.2 Å². The third kappa shape index (κ3) is 5.65. The van der Waals surface area contributed by atoms with Crippen LogP contribution in [0.3, 0.4) is 0 Å². The second-order valence-corrected chi connectivity index (χ2v) is 5.00. The van der Waals surface area contributed by atoms with E-state index in [0.29, 0.717) is 17.2 Å². The number of hydrazone groups is 1. The monoisotopic (exact) mass is 341 g/mol. The summed E-state index contributed by atoms with van der Waals surface area (Å²) in [5.41, 5.74) is 3.64. The van der Waals surface area contributed by atoms with Crippen molar-refractivity contribution in [3.05, 3.63) is 60.1 Å². The molecule has 2 rings (SSSR count). The Morgan fingerprint density at radius 1 is 1.24 bits per heavy atom. The molecule has 7 heteroatoms. The number of furan rings is 1.